The summed E-state index contributed by atoms with van der Waals surface area (Å²) in [5.41, 5.74) is -0.478. The lowest BCUT2D eigenvalue weighted by Gasteiger charge is -2.33. The first kappa shape index (κ1) is 12.4. The summed E-state index contributed by atoms with van der Waals surface area (Å²) < 4.78 is 0. The minimum absolute atomic E-state index is 0.478. The molecule has 0 heterocycles. The third kappa shape index (κ3) is 3.21. The van der Waals surface area contributed by atoms with Gasteiger partial charge in [0.25, 0.3) is 0 Å². The summed E-state index contributed by atoms with van der Waals surface area (Å²) in [5.74, 6) is 0.531. The van der Waals surface area contributed by atoms with Gasteiger partial charge >= 0.3 is 0 Å². The molecule has 2 saturated carbocycles. The average molecular weight is 225 g/mol. The molecule has 94 valence electrons. The van der Waals surface area contributed by atoms with E-state index in [9.17, 15) is 5.11 Å². The zero-order valence-corrected chi connectivity index (χ0v) is 10.7. The second-order valence-electron chi connectivity index (χ2n) is 6.05. The Morgan fingerprint density at radius 3 is 2.19 bits per heavy atom. The predicted molar refractivity (Wildman–Crippen MR) is 67.5 cm³/mol. The van der Waals surface area contributed by atoms with Crippen LogP contribution in [0.1, 0.15) is 64.7 Å². The van der Waals surface area contributed by atoms with Crippen molar-refractivity contribution in [3.05, 3.63) is 0 Å². The zero-order valence-electron chi connectivity index (χ0n) is 10.7. The molecular formula is C14H27NO. The molecule has 2 fully saturated rings. The molecule has 0 amide bonds. The van der Waals surface area contributed by atoms with Gasteiger partial charge in [0.15, 0.2) is 0 Å². The third-order valence-corrected chi connectivity index (χ3v) is 4.59. The van der Waals surface area contributed by atoms with Gasteiger partial charge in [-0.3, -0.25) is 0 Å². The molecule has 0 aliphatic heterocycles. The van der Waals surface area contributed by atoms with Gasteiger partial charge in [0.2, 0.25) is 0 Å². The van der Waals surface area contributed by atoms with E-state index < -0.39 is 5.60 Å². The summed E-state index contributed by atoms with van der Waals surface area (Å²) in [7, 11) is 0. The lowest BCUT2D eigenvalue weighted by atomic mass is 9.87. The van der Waals surface area contributed by atoms with Crippen LogP contribution >= 0.6 is 0 Å². The van der Waals surface area contributed by atoms with Gasteiger partial charge in [-0.2, -0.15) is 0 Å². The molecule has 0 radical (unpaired) electrons. The minimum Gasteiger partial charge on any atom is -0.389 e. The Bertz CT molecular complexity index is 203. The Morgan fingerprint density at radius 2 is 1.56 bits per heavy atom. The summed E-state index contributed by atoms with van der Waals surface area (Å²) in [5, 5.41) is 14.1. The predicted octanol–water partition coefficient (Wildman–Crippen LogP) is 2.85. The fourth-order valence-electron chi connectivity index (χ4n) is 3.35. The van der Waals surface area contributed by atoms with E-state index >= 15 is 0 Å². The SMILES string of the molecule is CC(O)(CNC1CCCCC1)C1CCCC1. The van der Waals surface area contributed by atoms with E-state index in [1.807, 2.05) is 6.92 Å². The summed E-state index contributed by atoms with van der Waals surface area (Å²) >= 11 is 0. The molecule has 2 rings (SSSR count). The first-order valence-corrected chi connectivity index (χ1v) is 7.14. The maximum Gasteiger partial charge on any atom is 0.0771 e. The lowest BCUT2D eigenvalue weighted by Crippen LogP contribution is -2.47. The van der Waals surface area contributed by atoms with Crippen molar-refractivity contribution in [2.75, 3.05) is 6.54 Å². The van der Waals surface area contributed by atoms with Gasteiger partial charge < -0.3 is 10.4 Å². The highest BCUT2D eigenvalue weighted by atomic mass is 16.3. The molecule has 0 saturated heterocycles. The van der Waals surface area contributed by atoms with Crippen molar-refractivity contribution in [2.45, 2.75) is 76.4 Å². The summed E-state index contributed by atoms with van der Waals surface area (Å²) in [6.07, 6.45) is 11.8. The fourth-order valence-corrected chi connectivity index (χ4v) is 3.35. The molecule has 0 bridgehead atoms. The molecule has 0 aromatic rings. The van der Waals surface area contributed by atoms with E-state index in [0.717, 1.165) is 6.54 Å². The quantitative estimate of drug-likeness (QED) is 0.771. The van der Waals surface area contributed by atoms with E-state index in [1.54, 1.807) is 0 Å². The van der Waals surface area contributed by atoms with Gasteiger partial charge in [-0.05, 0) is 38.5 Å². The Morgan fingerprint density at radius 1 is 1.00 bits per heavy atom. The topological polar surface area (TPSA) is 32.3 Å². The highest BCUT2D eigenvalue weighted by Gasteiger charge is 2.34. The lowest BCUT2D eigenvalue weighted by molar-refractivity contribution is -0.000787. The molecule has 2 heteroatoms. The molecule has 0 spiro atoms. The van der Waals surface area contributed by atoms with Crippen molar-refractivity contribution in [3.8, 4) is 0 Å². The average Bonchev–Trinajstić information content (AvgIpc) is 2.82. The zero-order chi connectivity index (χ0) is 11.4. The van der Waals surface area contributed by atoms with Crippen molar-refractivity contribution in [1.82, 2.24) is 5.32 Å². The standard InChI is InChI=1S/C14H27NO/c1-14(16,12-7-5-6-8-12)11-15-13-9-3-2-4-10-13/h12-13,15-16H,2-11H2,1H3. The Labute approximate surface area is 99.8 Å². The Kier molecular flexibility index (Phi) is 4.26. The van der Waals surface area contributed by atoms with Crippen LogP contribution in [0.5, 0.6) is 0 Å². The highest BCUT2D eigenvalue weighted by Crippen LogP contribution is 2.33. The van der Waals surface area contributed by atoms with Crippen LogP contribution in [0, 0.1) is 5.92 Å². The molecule has 2 aliphatic carbocycles. The molecular weight excluding hydrogens is 198 g/mol. The number of hydrogen-bond donors (Lipinski definition) is 2. The van der Waals surface area contributed by atoms with Gasteiger partial charge in [-0.15, -0.1) is 0 Å². The van der Waals surface area contributed by atoms with Crippen LogP contribution in [0.2, 0.25) is 0 Å². The maximum absolute atomic E-state index is 10.5. The number of aliphatic hydroxyl groups is 1. The molecule has 1 unspecified atom stereocenters. The van der Waals surface area contributed by atoms with Gasteiger partial charge in [-0.25, -0.2) is 0 Å². The van der Waals surface area contributed by atoms with Crippen LogP contribution in [0.3, 0.4) is 0 Å². The van der Waals surface area contributed by atoms with E-state index in [-0.39, 0.29) is 0 Å². The van der Waals surface area contributed by atoms with Crippen molar-refractivity contribution in [2.24, 2.45) is 5.92 Å². The summed E-state index contributed by atoms with van der Waals surface area (Å²) in [6, 6.07) is 0.668. The number of hydrogen-bond acceptors (Lipinski definition) is 2. The van der Waals surface area contributed by atoms with Crippen LogP contribution in [0.4, 0.5) is 0 Å². The molecule has 0 aromatic carbocycles. The Balaban J connectivity index is 1.74. The van der Waals surface area contributed by atoms with Crippen molar-refractivity contribution in [3.63, 3.8) is 0 Å². The first-order valence-electron chi connectivity index (χ1n) is 7.14. The minimum atomic E-state index is -0.478. The molecule has 0 aromatic heterocycles. The van der Waals surface area contributed by atoms with E-state index in [4.69, 9.17) is 0 Å². The number of nitrogens with one attached hydrogen (secondary N) is 1. The third-order valence-electron chi connectivity index (χ3n) is 4.59. The van der Waals surface area contributed by atoms with Gasteiger partial charge in [-0.1, -0.05) is 32.1 Å². The van der Waals surface area contributed by atoms with Crippen LogP contribution < -0.4 is 5.32 Å². The van der Waals surface area contributed by atoms with Crippen molar-refractivity contribution >= 4 is 0 Å². The summed E-state index contributed by atoms with van der Waals surface area (Å²) in [4.78, 5) is 0. The van der Waals surface area contributed by atoms with Gasteiger partial charge in [0.1, 0.15) is 0 Å². The molecule has 16 heavy (non-hydrogen) atoms. The largest absolute Gasteiger partial charge is 0.389 e. The van der Waals surface area contributed by atoms with Gasteiger partial charge in [0.05, 0.1) is 5.60 Å². The van der Waals surface area contributed by atoms with Crippen LogP contribution in [0.15, 0.2) is 0 Å². The second kappa shape index (κ2) is 5.50. The smallest absolute Gasteiger partial charge is 0.0771 e. The highest BCUT2D eigenvalue weighted by molar-refractivity contribution is 4.88. The van der Waals surface area contributed by atoms with Gasteiger partial charge in [0, 0.05) is 12.6 Å². The van der Waals surface area contributed by atoms with E-state index in [2.05, 4.69) is 5.32 Å². The van der Waals surface area contributed by atoms with E-state index in [1.165, 1.54) is 57.8 Å². The Hall–Kier alpha value is -0.0800. The fraction of sp³-hybridized carbons (Fsp3) is 1.00. The normalized spacial score (nSPS) is 28.1. The monoisotopic (exact) mass is 225 g/mol. The van der Waals surface area contributed by atoms with Crippen LogP contribution in [0.25, 0.3) is 0 Å². The summed E-state index contributed by atoms with van der Waals surface area (Å²) in [6.45, 7) is 2.82. The van der Waals surface area contributed by atoms with Crippen LogP contribution in [-0.4, -0.2) is 23.3 Å². The van der Waals surface area contributed by atoms with Crippen molar-refractivity contribution < 1.29 is 5.11 Å². The van der Waals surface area contributed by atoms with Crippen LogP contribution in [-0.2, 0) is 0 Å². The molecule has 2 N–H and O–H groups in total. The van der Waals surface area contributed by atoms with E-state index in [0.29, 0.717) is 12.0 Å². The number of rotatable bonds is 4. The second-order valence-corrected chi connectivity index (χ2v) is 6.05. The molecule has 2 aliphatic rings. The maximum atomic E-state index is 10.5. The molecule has 1 atom stereocenters. The van der Waals surface area contributed by atoms with Crippen molar-refractivity contribution in [1.29, 1.82) is 0 Å². The molecule has 2 nitrogen and oxygen atoms in total. The first-order chi connectivity index (χ1) is 7.68.